The summed E-state index contributed by atoms with van der Waals surface area (Å²) in [6.45, 7) is 2.15. The lowest BCUT2D eigenvalue weighted by Crippen LogP contribution is -2.53. The Bertz CT molecular complexity index is 694. The van der Waals surface area contributed by atoms with Crippen molar-refractivity contribution in [1.82, 2.24) is 15.2 Å². The normalized spacial score (nSPS) is 21.0. The van der Waals surface area contributed by atoms with Crippen LogP contribution in [0.4, 0.5) is 0 Å². The van der Waals surface area contributed by atoms with Crippen molar-refractivity contribution in [1.29, 1.82) is 0 Å². The molecule has 2 aromatic rings. The molecule has 1 aromatic carbocycles. The molecule has 0 radical (unpaired) electrons. The Hall–Kier alpha value is -1.89. The van der Waals surface area contributed by atoms with Gasteiger partial charge in [0, 0.05) is 42.5 Å². The molecular formula is C19H23N3O2S. The molecule has 1 aromatic heterocycles. The topological polar surface area (TPSA) is 65.5 Å². The van der Waals surface area contributed by atoms with Crippen LogP contribution >= 0.6 is 11.8 Å². The summed E-state index contributed by atoms with van der Waals surface area (Å²) in [5, 5.41) is 13.4. The maximum Gasteiger partial charge on any atom is 0.251 e. The Kier molecular flexibility index (Phi) is 6.07. The number of aliphatic hydroxyl groups is 1. The Labute approximate surface area is 152 Å². The number of aliphatic hydroxyl groups excluding tert-OH is 1. The predicted octanol–water partition coefficient (Wildman–Crippen LogP) is 2.17. The van der Waals surface area contributed by atoms with Crippen LogP contribution in [0, 0.1) is 0 Å². The van der Waals surface area contributed by atoms with Gasteiger partial charge in [-0.2, -0.15) is 0 Å². The number of hydrogen-bond acceptors (Lipinski definition) is 5. The molecule has 1 amide bonds. The lowest BCUT2D eigenvalue weighted by atomic mass is 10.0. The van der Waals surface area contributed by atoms with Gasteiger partial charge in [0.1, 0.15) is 0 Å². The van der Waals surface area contributed by atoms with Gasteiger partial charge in [0.25, 0.3) is 5.91 Å². The van der Waals surface area contributed by atoms with E-state index in [4.69, 9.17) is 0 Å². The highest BCUT2D eigenvalue weighted by Gasteiger charge is 2.29. The first-order valence-electron chi connectivity index (χ1n) is 8.40. The smallest absolute Gasteiger partial charge is 0.251 e. The van der Waals surface area contributed by atoms with E-state index in [1.807, 2.05) is 48.9 Å². The summed E-state index contributed by atoms with van der Waals surface area (Å²) >= 11 is 1.64. The minimum Gasteiger partial charge on any atom is -0.390 e. The zero-order chi connectivity index (χ0) is 17.6. The Morgan fingerprint density at radius 1 is 1.36 bits per heavy atom. The molecule has 1 saturated heterocycles. The number of β-amino-alcohol motifs (C(OH)–C–C–N with tert-alkyl or cyclic N) is 1. The average Bonchev–Trinajstić information content (AvgIpc) is 2.65. The molecule has 1 fully saturated rings. The number of carbonyl (C=O) groups is 1. The summed E-state index contributed by atoms with van der Waals surface area (Å²) in [7, 11) is 0. The number of carbonyl (C=O) groups excluding carboxylic acids is 1. The summed E-state index contributed by atoms with van der Waals surface area (Å²) in [4.78, 5) is 19.8. The molecule has 25 heavy (non-hydrogen) atoms. The van der Waals surface area contributed by atoms with Gasteiger partial charge in [-0.1, -0.05) is 6.07 Å². The van der Waals surface area contributed by atoms with Crippen molar-refractivity contribution in [2.75, 3.05) is 19.3 Å². The molecule has 2 atom stereocenters. The maximum atomic E-state index is 12.4. The lowest BCUT2D eigenvalue weighted by Gasteiger charge is -2.36. The Balaban J connectivity index is 1.53. The Morgan fingerprint density at radius 3 is 2.80 bits per heavy atom. The SMILES string of the molecule is CSc1ccc(C(=O)NC2CCN(Cc3cccnc3)CC2O)cc1. The highest BCUT2D eigenvalue weighted by molar-refractivity contribution is 7.98. The summed E-state index contributed by atoms with van der Waals surface area (Å²) in [5.74, 6) is -0.127. The van der Waals surface area contributed by atoms with Gasteiger partial charge in [-0.15, -0.1) is 11.8 Å². The second kappa shape index (κ2) is 8.47. The van der Waals surface area contributed by atoms with E-state index in [1.54, 1.807) is 18.0 Å². The van der Waals surface area contributed by atoms with E-state index in [-0.39, 0.29) is 11.9 Å². The van der Waals surface area contributed by atoms with Gasteiger partial charge < -0.3 is 10.4 Å². The van der Waals surface area contributed by atoms with Crippen molar-refractivity contribution < 1.29 is 9.90 Å². The molecule has 3 rings (SSSR count). The number of thioether (sulfide) groups is 1. The van der Waals surface area contributed by atoms with Crippen LogP contribution in [-0.4, -0.2) is 52.4 Å². The molecule has 2 N–H and O–H groups in total. The zero-order valence-corrected chi connectivity index (χ0v) is 15.1. The van der Waals surface area contributed by atoms with Crippen molar-refractivity contribution in [3.05, 3.63) is 59.9 Å². The minimum atomic E-state index is -0.570. The molecule has 2 unspecified atom stereocenters. The van der Waals surface area contributed by atoms with E-state index in [9.17, 15) is 9.90 Å². The molecule has 1 aliphatic rings. The van der Waals surface area contributed by atoms with E-state index in [0.29, 0.717) is 12.1 Å². The van der Waals surface area contributed by atoms with E-state index in [2.05, 4.69) is 15.2 Å². The molecule has 0 bridgehead atoms. The van der Waals surface area contributed by atoms with E-state index in [1.165, 1.54) is 0 Å². The first kappa shape index (κ1) is 17.9. The number of benzene rings is 1. The second-order valence-electron chi connectivity index (χ2n) is 6.26. The minimum absolute atomic E-state index is 0.127. The van der Waals surface area contributed by atoms with Crippen molar-refractivity contribution in [2.24, 2.45) is 0 Å². The quantitative estimate of drug-likeness (QED) is 0.803. The first-order valence-corrected chi connectivity index (χ1v) is 9.62. The molecule has 2 heterocycles. The van der Waals surface area contributed by atoms with Crippen LogP contribution in [0.25, 0.3) is 0 Å². The van der Waals surface area contributed by atoms with Crippen LogP contribution in [-0.2, 0) is 6.54 Å². The number of nitrogens with zero attached hydrogens (tertiary/aromatic N) is 2. The van der Waals surface area contributed by atoms with Gasteiger partial charge in [0.05, 0.1) is 12.1 Å². The zero-order valence-electron chi connectivity index (χ0n) is 14.3. The average molecular weight is 357 g/mol. The summed E-state index contributed by atoms with van der Waals surface area (Å²) in [6, 6.07) is 11.3. The van der Waals surface area contributed by atoms with Gasteiger partial charge >= 0.3 is 0 Å². The van der Waals surface area contributed by atoms with Crippen LogP contribution in [0.15, 0.2) is 53.7 Å². The van der Waals surface area contributed by atoms with Crippen molar-refractivity contribution in [2.45, 2.75) is 30.0 Å². The van der Waals surface area contributed by atoms with Gasteiger partial charge in [0.15, 0.2) is 0 Å². The maximum absolute atomic E-state index is 12.4. The highest BCUT2D eigenvalue weighted by atomic mass is 32.2. The van der Waals surface area contributed by atoms with Crippen LogP contribution in [0.2, 0.25) is 0 Å². The predicted molar refractivity (Wildman–Crippen MR) is 99.6 cm³/mol. The molecule has 1 aliphatic heterocycles. The number of piperidine rings is 1. The van der Waals surface area contributed by atoms with E-state index in [0.717, 1.165) is 30.0 Å². The number of likely N-dealkylation sites (tertiary alicyclic amines) is 1. The third kappa shape index (κ3) is 4.81. The van der Waals surface area contributed by atoms with Crippen LogP contribution in [0.5, 0.6) is 0 Å². The van der Waals surface area contributed by atoms with Gasteiger partial charge in [-0.05, 0) is 48.6 Å². The summed E-state index contributed by atoms with van der Waals surface area (Å²) in [6.07, 6.45) is 5.77. The largest absolute Gasteiger partial charge is 0.390 e. The van der Waals surface area contributed by atoms with Gasteiger partial charge in [0.2, 0.25) is 0 Å². The second-order valence-corrected chi connectivity index (χ2v) is 7.14. The number of pyridine rings is 1. The fraction of sp³-hybridized carbons (Fsp3) is 0.368. The monoisotopic (exact) mass is 357 g/mol. The summed E-state index contributed by atoms with van der Waals surface area (Å²) < 4.78 is 0. The summed E-state index contributed by atoms with van der Waals surface area (Å²) in [5.41, 5.74) is 1.76. The number of rotatable bonds is 5. The van der Waals surface area contributed by atoms with Crippen molar-refractivity contribution in [3.8, 4) is 0 Å². The van der Waals surface area contributed by atoms with Crippen molar-refractivity contribution >= 4 is 17.7 Å². The standard InChI is InChI=1S/C19H23N3O2S/c1-25-16-6-4-15(5-7-16)19(24)21-17-8-10-22(13-18(17)23)12-14-3-2-9-20-11-14/h2-7,9,11,17-18,23H,8,10,12-13H2,1H3,(H,21,24). The van der Waals surface area contributed by atoms with Gasteiger partial charge in [-0.3, -0.25) is 14.7 Å². The lowest BCUT2D eigenvalue weighted by molar-refractivity contribution is 0.0349. The molecule has 132 valence electrons. The molecule has 5 nitrogen and oxygen atoms in total. The third-order valence-corrected chi connectivity index (χ3v) is 5.21. The van der Waals surface area contributed by atoms with Gasteiger partial charge in [-0.25, -0.2) is 0 Å². The molecule has 0 saturated carbocycles. The number of aromatic nitrogens is 1. The molecule has 6 heteroatoms. The number of nitrogens with one attached hydrogen (secondary N) is 1. The highest BCUT2D eigenvalue weighted by Crippen LogP contribution is 2.17. The molecular weight excluding hydrogens is 334 g/mol. The number of amides is 1. The van der Waals surface area contributed by atoms with Crippen molar-refractivity contribution in [3.63, 3.8) is 0 Å². The fourth-order valence-corrected chi connectivity index (χ4v) is 3.46. The Morgan fingerprint density at radius 2 is 2.16 bits per heavy atom. The number of hydrogen-bond donors (Lipinski definition) is 2. The fourth-order valence-electron chi connectivity index (χ4n) is 3.05. The van der Waals surface area contributed by atoms with Crippen LogP contribution < -0.4 is 5.32 Å². The van der Waals surface area contributed by atoms with Crippen LogP contribution in [0.3, 0.4) is 0 Å². The van der Waals surface area contributed by atoms with Crippen LogP contribution in [0.1, 0.15) is 22.3 Å². The van der Waals surface area contributed by atoms with E-state index >= 15 is 0 Å². The first-order chi connectivity index (χ1) is 12.2. The third-order valence-electron chi connectivity index (χ3n) is 4.46. The molecule has 0 spiro atoms. The molecule has 0 aliphatic carbocycles. The van der Waals surface area contributed by atoms with E-state index < -0.39 is 6.10 Å².